The SMILES string of the molecule is O=C1OC[C@H]2OC(O)[C@@H]3OC(=O)c4cc(O)c(O)c(O)c4-c4c(cc(O)c(O)c4O)C(=O)O[C@H]3[C@@H]2OC(=O)c2cc(O)c(O)c(O)c2-c2c(O)c(O)c3oc(=O)c4cc(O)c(c5oc(=O)c2c3c54)Oc2c1cc(O)c(O)c2O. The fourth-order valence-electron chi connectivity index (χ4n) is 9.40. The van der Waals surface area contributed by atoms with Crippen molar-refractivity contribution in [2.24, 2.45) is 0 Å². The van der Waals surface area contributed by atoms with Crippen molar-refractivity contribution in [3.05, 3.63) is 73.4 Å². The fourth-order valence-corrected chi connectivity index (χ4v) is 9.40. The lowest BCUT2D eigenvalue weighted by Gasteiger charge is -2.43. The van der Waals surface area contributed by atoms with Crippen molar-refractivity contribution in [3.63, 3.8) is 0 Å². The van der Waals surface area contributed by atoms with Gasteiger partial charge in [0.25, 0.3) is 0 Å². The second-order valence-corrected chi connectivity index (χ2v) is 17.3. The van der Waals surface area contributed by atoms with Crippen LogP contribution in [0.5, 0.6) is 97.7 Å². The smallest absolute Gasteiger partial charge is 0.345 e. The first-order valence-corrected chi connectivity index (χ1v) is 21.7. The third-order valence-corrected chi connectivity index (χ3v) is 13.0. The number of hydrogen-bond acceptors (Lipinski definition) is 30. The molecule has 5 atom stereocenters. The fraction of sp³-hybridized carbons (Fsp3) is 0.125. The first-order valence-electron chi connectivity index (χ1n) is 21.7. The minimum absolute atomic E-state index is 0.320. The molecule has 0 saturated carbocycles. The van der Waals surface area contributed by atoms with Crippen molar-refractivity contribution < 1.29 is 138 Å². The summed E-state index contributed by atoms with van der Waals surface area (Å²) in [5.41, 5.74) is -14.5. The number of carbonyl (C=O) groups excluding carboxylic acids is 4. The lowest BCUT2D eigenvalue weighted by atomic mass is 9.90. The number of ether oxygens (including phenoxy) is 6. The molecule has 30 heteroatoms. The standard InChI is InChI=1S/C48H28O30/c49-12-1-7-18(29(58)25(12)54)19-8(2-13(50)26(55)30(19)59)45(67)78-41-40(77-44(7)66)37-17(72-48(41)70)6-71-42(64)11-5-15(52)28(57)33(62)35(11)73-36-16(53)4-10-21-23-24(47(69)76-39(21)36)22(32(61)34(63)38(23)75-46(10)68)20-9(43(65)74-37)3-14(51)27(56)31(20)60/h1-5,17,37,40-41,48-63,70H,6H2/t17-,37-,40+,41-,48?/m1/s1. The maximum Gasteiger partial charge on any atom is 0.345 e. The van der Waals surface area contributed by atoms with Gasteiger partial charge in [0.05, 0.1) is 27.5 Å². The van der Waals surface area contributed by atoms with E-state index in [0.717, 1.165) is 0 Å². The highest BCUT2D eigenvalue weighted by Crippen LogP contribution is 2.57. The van der Waals surface area contributed by atoms with Gasteiger partial charge in [-0.25, -0.2) is 28.8 Å². The second kappa shape index (κ2) is 16.7. The summed E-state index contributed by atoms with van der Waals surface area (Å²) in [5.74, 6) is -31.0. The number of fused-ring (bicyclic) bond motifs is 10. The van der Waals surface area contributed by atoms with Crippen LogP contribution in [-0.4, -0.2) is 143 Å². The highest BCUT2D eigenvalue weighted by Gasteiger charge is 2.54. The van der Waals surface area contributed by atoms with Gasteiger partial charge in [-0.2, -0.15) is 0 Å². The summed E-state index contributed by atoms with van der Waals surface area (Å²) in [6.45, 7) is -1.40. The lowest BCUT2D eigenvalue weighted by molar-refractivity contribution is -0.284. The molecule has 0 amide bonds. The van der Waals surface area contributed by atoms with Crippen LogP contribution < -0.4 is 16.0 Å². The zero-order valence-corrected chi connectivity index (χ0v) is 37.9. The number of aliphatic hydroxyl groups excluding tert-OH is 1. The number of esters is 4. The van der Waals surface area contributed by atoms with Gasteiger partial charge >= 0.3 is 35.1 Å². The molecular formula is C48H28O30. The second-order valence-electron chi connectivity index (χ2n) is 17.3. The van der Waals surface area contributed by atoms with E-state index in [1.165, 1.54) is 0 Å². The van der Waals surface area contributed by atoms with E-state index in [4.69, 9.17) is 37.3 Å². The van der Waals surface area contributed by atoms with E-state index in [9.17, 15) is 110 Å². The topological polar surface area (TPSA) is 508 Å². The first kappa shape index (κ1) is 49.1. The van der Waals surface area contributed by atoms with Crippen molar-refractivity contribution in [1.82, 2.24) is 0 Å². The molecule has 1 unspecified atom stereocenters. The predicted molar refractivity (Wildman–Crippen MR) is 245 cm³/mol. The van der Waals surface area contributed by atoms with Crippen molar-refractivity contribution in [1.29, 1.82) is 0 Å². The summed E-state index contributed by atoms with van der Waals surface area (Å²) in [5, 5.41) is 173. The summed E-state index contributed by atoms with van der Waals surface area (Å²) < 4.78 is 44.4. The van der Waals surface area contributed by atoms with Crippen LogP contribution in [0.2, 0.25) is 0 Å². The molecule has 11 rings (SSSR count). The number of carbonyl (C=O) groups is 4. The Morgan fingerprint density at radius 3 is 1.37 bits per heavy atom. The van der Waals surface area contributed by atoms with Gasteiger partial charge in [0.2, 0.25) is 40.2 Å². The molecule has 2 aromatic heterocycles. The molecule has 1 saturated heterocycles. The van der Waals surface area contributed by atoms with E-state index in [1.54, 1.807) is 0 Å². The number of phenols is 15. The van der Waals surface area contributed by atoms with Crippen LogP contribution in [0.4, 0.5) is 0 Å². The average molecular weight is 1080 g/mol. The van der Waals surface area contributed by atoms with Gasteiger partial charge in [0.1, 0.15) is 18.3 Å². The van der Waals surface area contributed by atoms with Crippen molar-refractivity contribution >= 4 is 56.6 Å². The summed E-state index contributed by atoms with van der Waals surface area (Å²) >= 11 is 0. The number of cyclic esters (lactones) is 1. The van der Waals surface area contributed by atoms with Gasteiger partial charge in [-0.3, -0.25) is 0 Å². The molecule has 78 heavy (non-hydrogen) atoms. The molecule has 3 aliphatic rings. The van der Waals surface area contributed by atoms with E-state index < -0.39 is 247 Å². The Kier molecular flexibility index (Phi) is 10.5. The molecule has 1 fully saturated rings. The van der Waals surface area contributed by atoms with Crippen molar-refractivity contribution in [2.45, 2.75) is 30.7 Å². The van der Waals surface area contributed by atoms with Gasteiger partial charge in [-0.1, -0.05) is 0 Å². The number of rotatable bonds is 0. The van der Waals surface area contributed by atoms with Crippen LogP contribution in [0.25, 0.3) is 55.0 Å². The third kappa shape index (κ3) is 6.76. The van der Waals surface area contributed by atoms with Crippen molar-refractivity contribution in [2.75, 3.05) is 6.61 Å². The Morgan fingerprint density at radius 2 is 0.833 bits per heavy atom. The van der Waals surface area contributed by atoms with E-state index in [1.807, 2.05) is 0 Å². The molecule has 6 aromatic carbocycles. The minimum atomic E-state index is -2.67. The Bertz CT molecular complexity index is 4210. The summed E-state index contributed by atoms with van der Waals surface area (Å²) in [6, 6.07) is 2.12. The largest absolute Gasteiger partial charge is 0.504 e. The molecule has 2 bridgehead atoms. The Labute approximate surface area is 424 Å². The van der Waals surface area contributed by atoms with Gasteiger partial charge in [-0.15, -0.1) is 0 Å². The van der Waals surface area contributed by atoms with E-state index in [2.05, 4.69) is 0 Å². The maximum atomic E-state index is 15.0. The maximum absolute atomic E-state index is 15.0. The summed E-state index contributed by atoms with van der Waals surface area (Å²) in [7, 11) is 0. The molecule has 30 nitrogen and oxygen atoms in total. The molecule has 8 aromatic rings. The minimum Gasteiger partial charge on any atom is -0.504 e. The Hall–Kier alpha value is -11.1. The van der Waals surface area contributed by atoms with Gasteiger partial charge in [0.15, 0.2) is 93.3 Å². The van der Waals surface area contributed by atoms with E-state index >= 15 is 0 Å². The molecule has 0 aliphatic carbocycles. The number of aromatic hydroxyl groups is 15. The van der Waals surface area contributed by atoms with Gasteiger partial charge < -0.3 is 119 Å². The molecule has 5 heterocycles. The van der Waals surface area contributed by atoms with Crippen LogP contribution in [0.15, 0.2) is 48.8 Å². The molecule has 16 N–H and O–H groups in total. The first-order chi connectivity index (χ1) is 36.8. The van der Waals surface area contributed by atoms with E-state index in [0.29, 0.717) is 30.3 Å². The van der Waals surface area contributed by atoms with Crippen LogP contribution in [0.3, 0.4) is 0 Å². The molecule has 0 radical (unpaired) electrons. The van der Waals surface area contributed by atoms with Crippen LogP contribution in [0, 0.1) is 0 Å². The number of hydrogen-bond donors (Lipinski definition) is 16. The van der Waals surface area contributed by atoms with Crippen LogP contribution in [-0.2, 0) is 23.7 Å². The lowest BCUT2D eigenvalue weighted by Crippen LogP contribution is -2.62. The molecule has 3 aliphatic heterocycles. The highest BCUT2D eigenvalue weighted by atomic mass is 16.7. The monoisotopic (exact) mass is 1080 g/mol. The Morgan fingerprint density at radius 1 is 0.385 bits per heavy atom. The Balaban J connectivity index is 1.20. The molecular weight excluding hydrogens is 1060 g/mol. The normalized spacial score (nSPS) is 19.3. The highest BCUT2D eigenvalue weighted by molar-refractivity contribution is 6.26. The van der Waals surface area contributed by atoms with E-state index in [-0.39, 0.29) is 0 Å². The average Bonchev–Trinajstić information content (AvgIpc) is 3.22. The van der Waals surface area contributed by atoms with Crippen LogP contribution >= 0.6 is 0 Å². The van der Waals surface area contributed by atoms with Crippen molar-refractivity contribution in [3.8, 4) is 120 Å². The van der Waals surface area contributed by atoms with Crippen LogP contribution in [0.1, 0.15) is 41.4 Å². The number of aliphatic hydroxyl groups is 1. The summed E-state index contributed by atoms with van der Waals surface area (Å²) in [6.07, 6.45) is -12.8. The summed E-state index contributed by atoms with van der Waals surface area (Å²) in [4.78, 5) is 85.9. The zero-order valence-electron chi connectivity index (χ0n) is 37.9. The van der Waals surface area contributed by atoms with Gasteiger partial charge in [0, 0.05) is 39.1 Å². The third-order valence-electron chi connectivity index (χ3n) is 13.0. The number of benzene rings is 6. The molecule has 0 spiro atoms. The van der Waals surface area contributed by atoms with Gasteiger partial charge in [-0.05, 0) is 24.3 Å². The number of phenolic OH excluding ortho intramolecular Hbond substituents is 15. The predicted octanol–water partition coefficient (Wildman–Crippen LogP) is 2.38. The zero-order chi connectivity index (χ0) is 56.1. The quantitative estimate of drug-likeness (QED) is 0.0341. The molecule has 400 valence electrons.